The molecule has 0 aromatic heterocycles. The Morgan fingerprint density at radius 3 is 1.13 bits per heavy atom. The Morgan fingerprint density at radius 1 is 0.547 bits per heavy atom. The molecule has 0 N–H and O–H groups in total. The Hall–Kier alpha value is -4.69. The number of hydrogen-bond acceptors (Lipinski definition) is 10. The fourth-order valence-electron chi connectivity index (χ4n) is 7.30. The van der Waals surface area contributed by atoms with E-state index in [1.165, 1.54) is 0 Å². The van der Waals surface area contributed by atoms with Gasteiger partial charge < -0.3 is 9.47 Å². The van der Waals surface area contributed by atoms with Gasteiger partial charge in [0.05, 0.1) is 11.1 Å². The van der Waals surface area contributed by atoms with Gasteiger partial charge in [0.2, 0.25) is 0 Å². The molecule has 0 heterocycles. The molecule has 2 aliphatic carbocycles. The van der Waals surface area contributed by atoms with Gasteiger partial charge in [-0.1, -0.05) is 84.4 Å². The van der Waals surface area contributed by atoms with E-state index < -0.39 is 40.4 Å². The van der Waals surface area contributed by atoms with Gasteiger partial charge in [-0.2, -0.15) is 9.59 Å². The van der Waals surface area contributed by atoms with Crippen LogP contribution in [0, 0.1) is 17.3 Å². The molecule has 0 bridgehead atoms. The van der Waals surface area contributed by atoms with Crippen LogP contribution in [-0.2, 0) is 29.0 Å². The van der Waals surface area contributed by atoms with Gasteiger partial charge in [-0.25, -0.2) is 29.1 Å². The summed E-state index contributed by atoms with van der Waals surface area (Å²) in [6.45, 7) is 24.3. The number of rotatable bonds is 12. The summed E-state index contributed by atoms with van der Waals surface area (Å²) in [7, 11) is -4.03. The molecule has 53 heavy (non-hydrogen) atoms. The number of hydrogen-bond donors (Lipinski definition) is 0. The molecule has 2 aromatic carbocycles. The molecule has 2 saturated carbocycles. The smallest absolute Gasteiger partial charge is 0.428 e. The fraction of sp³-hybridized carbons (Fsp3) is 0.415. The molecule has 0 aliphatic heterocycles. The predicted molar refractivity (Wildman–Crippen MR) is 207 cm³/mol. The van der Waals surface area contributed by atoms with E-state index in [1.54, 1.807) is 24.3 Å². The molecule has 284 valence electrons. The van der Waals surface area contributed by atoms with Crippen molar-refractivity contribution in [3.8, 4) is 0 Å². The summed E-state index contributed by atoms with van der Waals surface area (Å²) in [6, 6.07) is 13.8. The predicted octanol–water partition coefficient (Wildman–Crippen LogP) is 8.45. The van der Waals surface area contributed by atoms with Crippen molar-refractivity contribution in [2.24, 2.45) is 17.3 Å². The third-order valence-electron chi connectivity index (χ3n) is 11.5. The van der Waals surface area contributed by atoms with Crippen molar-refractivity contribution in [2.45, 2.75) is 90.5 Å². The summed E-state index contributed by atoms with van der Waals surface area (Å²) in [5.41, 5.74) is 8.12. The molecular formula is C41H52O10Si2. The second-order valence-electron chi connectivity index (χ2n) is 14.9. The zero-order valence-electron chi connectivity index (χ0n) is 31.3. The van der Waals surface area contributed by atoms with Gasteiger partial charge >= 0.3 is 24.2 Å². The first-order valence-electron chi connectivity index (χ1n) is 18.1. The maximum Gasteiger partial charge on any atom is 0.550 e. The Balaban J connectivity index is 1.14. The van der Waals surface area contributed by atoms with Crippen LogP contribution in [0.25, 0.3) is 0 Å². The largest absolute Gasteiger partial charge is 0.550 e. The van der Waals surface area contributed by atoms with Crippen LogP contribution < -0.4 is 10.4 Å². The van der Waals surface area contributed by atoms with E-state index in [0.29, 0.717) is 37.5 Å². The molecule has 0 unspecified atom stereocenters. The average Bonchev–Trinajstić information content (AvgIpc) is 3.19. The third kappa shape index (κ3) is 10.3. The Kier molecular flexibility index (Phi) is 13.9. The minimum atomic E-state index is -2.01. The fourth-order valence-corrected chi connectivity index (χ4v) is 10.3. The summed E-state index contributed by atoms with van der Waals surface area (Å²) in [5.74, 6) is -0.757. The van der Waals surface area contributed by atoms with Crippen LogP contribution in [0.5, 0.6) is 0 Å². The molecule has 2 aliphatic rings. The van der Waals surface area contributed by atoms with Crippen molar-refractivity contribution in [1.82, 2.24) is 0 Å². The quantitative estimate of drug-likeness (QED) is 0.0901. The van der Waals surface area contributed by atoms with Gasteiger partial charge in [0.1, 0.15) is 28.4 Å². The van der Waals surface area contributed by atoms with Crippen molar-refractivity contribution >= 4 is 50.8 Å². The van der Waals surface area contributed by atoms with Crippen LogP contribution in [-0.4, -0.2) is 52.6 Å². The summed E-state index contributed by atoms with van der Waals surface area (Å²) >= 11 is 0. The van der Waals surface area contributed by atoms with Crippen molar-refractivity contribution < 1.29 is 48.2 Å². The molecule has 0 amide bonds. The van der Waals surface area contributed by atoms with Crippen LogP contribution in [0.3, 0.4) is 0 Å². The molecule has 12 heteroatoms. The maximum atomic E-state index is 12.4. The SMILES string of the molecule is C=C[Si](C)(C=C)c1ccc(C(=O)OOC(=O)OC2CCC(C(C)(C)C3CCC(OC(=O)OOC(=O)c4ccc([Si](C)(C=C)C=C)cc4)CC3)CC2)cc1. The van der Waals surface area contributed by atoms with Crippen molar-refractivity contribution in [3.63, 3.8) is 0 Å². The Bertz CT molecular complexity index is 1510. The molecule has 0 saturated heterocycles. The van der Waals surface area contributed by atoms with E-state index in [1.807, 2.05) is 47.1 Å². The second kappa shape index (κ2) is 17.9. The molecule has 0 atom stereocenters. The lowest BCUT2D eigenvalue weighted by atomic mass is 9.60. The first-order chi connectivity index (χ1) is 25.2. The highest BCUT2D eigenvalue weighted by molar-refractivity contribution is 6.99. The highest BCUT2D eigenvalue weighted by Gasteiger charge is 2.42. The molecular weight excluding hydrogens is 709 g/mol. The van der Waals surface area contributed by atoms with Crippen molar-refractivity contribution in [2.75, 3.05) is 0 Å². The van der Waals surface area contributed by atoms with Gasteiger partial charge in [-0.15, -0.1) is 26.3 Å². The number of ether oxygens (including phenoxy) is 2. The van der Waals surface area contributed by atoms with Gasteiger partial charge in [0, 0.05) is 0 Å². The molecule has 10 nitrogen and oxygen atoms in total. The highest BCUT2D eigenvalue weighted by atomic mass is 28.3. The number of carbonyl (C=O) groups is 4. The topological polar surface area (TPSA) is 124 Å². The zero-order valence-corrected chi connectivity index (χ0v) is 33.3. The molecule has 0 radical (unpaired) electrons. The maximum absolute atomic E-state index is 12.4. The summed E-state index contributed by atoms with van der Waals surface area (Å²) in [4.78, 5) is 68.4. The van der Waals surface area contributed by atoms with Gasteiger partial charge in [-0.3, -0.25) is 0 Å². The first-order valence-corrected chi connectivity index (χ1v) is 23.4. The van der Waals surface area contributed by atoms with E-state index in [9.17, 15) is 19.2 Å². The standard InChI is InChI=1S/C41H52O10Si2/c1-9-52(7,10-2)35-25-13-29(14-26-35)37(42)48-50-39(44)46-33-21-17-31(18-22-33)41(5,6)32-19-23-34(24-20-32)47-40(45)51-49-38(43)30-15-27-36(28-16-30)53(8,11-3)12-4/h9-16,25-28,31-34H,1-4,17-24H2,5-8H3. The summed E-state index contributed by atoms with van der Waals surface area (Å²) in [6.07, 6.45) is 3.42. The lowest BCUT2D eigenvalue weighted by molar-refractivity contribution is -0.209. The van der Waals surface area contributed by atoms with Crippen molar-refractivity contribution in [1.29, 1.82) is 0 Å². The first kappa shape index (κ1) is 41.1. The molecule has 0 spiro atoms. The van der Waals surface area contributed by atoms with Crippen molar-refractivity contribution in [3.05, 3.63) is 109 Å². The average molecular weight is 761 g/mol. The van der Waals surface area contributed by atoms with E-state index in [4.69, 9.17) is 19.2 Å². The lowest BCUT2D eigenvalue weighted by Crippen LogP contribution is -2.40. The van der Waals surface area contributed by atoms with Crippen LogP contribution in [0.4, 0.5) is 9.59 Å². The minimum absolute atomic E-state index is 0.0155. The van der Waals surface area contributed by atoms with Crippen LogP contribution in [0.15, 0.2) is 97.6 Å². The van der Waals surface area contributed by atoms with E-state index in [-0.39, 0.29) is 28.7 Å². The van der Waals surface area contributed by atoms with Gasteiger partial charge in [0.15, 0.2) is 0 Å². The molecule has 2 aromatic rings. The Labute approximate surface area is 314 Å². The molecule has 2 fully saturated rings. The van der Waals surface area contributed by atoms with Gasteiger partial charge in [0.25, 0.3) is 0 Å². The highest BCUT2D eigenvalue weighted by Crippen LogP contribution is 2.49. The van der Waals surface area contributed by atoms with Gasteiger partial charge in [-0.05, 0) is 92.9 Å². The lowest BCUT2D eigenvalue weighted by Gasteiger charge is -2.46. The number of benzene rings is 2. The normalized spacial score (nSPS) is 20.5. The molecule has 4 rings (SSSR count). The monoisotopic (exact) mass is 760 g/mol. The van der Waals surface area contributed by atoms with E-state index >= 15 is 0 Å². The third-order valence-corrected chi connectivity index (χ3v) is 18.1. The number of carbonyl (C=O) groups excluding carboxylic acids is 4. The second-order valence-corrected chi connectivity index (χ2v) is 22.9. The van der Waals surface area contributed by atoms with E-state index in [0.717, 1.165) is 36.1 Å². The van der Waals surface area contributed by atoms with E-state index in [2.05, 4.69) is 63.0 Å². The van der Waals surface area contributed by atoms with Crippen LogP contribution in [0.2, 0.25) is 13.1 Å². The van der Waals surface area contributed by atoms with Crippen LogP contribution in [0.1, 0.15) is 85.9 Å². The zero-order chi connectivity index (χ0) is 38.8. The van der Waals surface area contributed by atoms with Crippen LogP contribution >= 0.6 is 0 Å². The summed E-state index contributed by atoms with van der Waals surface area (Å²) < 4.78 is 10.9. The minimum Gasteiger partial charge on any atom is -0.428 e. The summed E-state index contributed by atoms with van der Waals surface area (Å²) in [5, 5.41) is 2.08. The Morgan fingerprint density at radius 2 is 0.849 bits per heavy atom.